The van der Waals surface area contributed by atoms with Crippen LogP contribution in [0.2, 0.25) is 5.02 Å². The molecular formula is C22H15ClN2O5. The van der Waals surface area contributed by atoms with Gasteiger partial charge in [-0.15, -0.1) is 0 Å². The number of nitrogens with one attached hydrogen (secondary N) is 1. The summed E-state index contributed by atoms with van der Waals surface area (Å²) in [5, 5.41) is 12.2. The van der Waals surface area contributed by atoms with Crippen molar-refractivity contribution >= 4 is 35.6 Å². The summed E-state index contributed by atoms with van der Waals surface area (Å²) in [5.41, 5.74) is 1.59. The van der Waals surface area contributed by atoms with Gasteiger partial charge in [-0.3, -0.25) is 9.69 Å². The first-order valence-corrected chi connectivity index (χ1v) is 9.31. The van der Waals surface area contributed by atoms with Crippen LogP contribution in [0.5, 0.6) is 0 Å². The highest BCUT2D eigenvalue weighted by atomic mass is 35.5. The van der Waals surface area contributed by atoms with Crippen LogP contribution < -0.4 is 5.32 Å². The van der Waals surface area contributed by atoms with Gasteiger partial charge in [-0.1, -0.05) is 35.9 Å². The summed E-state index contributed by atoms with van der Waals surface area (Å²) in [6.07, 6.45) is 1.44. The van der Waals surface area contributed by atoms with Crippen LogP contribution in [0.25, 0.3) is 17.4 Å². The maximum absolute atomic E-state index is 12.6. The second-order valence-electron chi connectivity index (χ2n) is 6.59. The maximum Gasteiger partial charge on any atom is 0.335 e. The molecule has 2 N–H and O–H groups in total. The van der Waals surface area contributed by atoms with Crippen molar-refractivity contribution in [1.29, 1.82) is 0 Å². The Morgan fingerprint density at radius 2 is 1.87 bits per heavy atom. The van der Waals surface area contributed by atoms with Crippen LogP contribution in [0.3, 0.4) is 0 Å². The van der Waals surface area contributed by atoms with E-state index in [-0.39, 0.29) is 17.8 Å². The number of carboxylic acids is 1. The van der Waals surface area contributed by atoms with E-state index in [1.54, 1.807) is 48.5 Å². The predicted molar refractivity (Wildman–Crippen MR) is 110 cm³/mol. The topological polar surface area (TPSA) is 99.9 Å². The predicted octanol–water partition coefficient (Wildman–Crippen LogP) is 4.39. The molecule has 3 aromatic rings. The molecule has 0 unspecified atom stereocenters. The van der Waals surface area contributed by atoms with Gasteiger partial charge in [-0.2, -0.15) is 0 Å². The van der Waals surface area contributed by atoms with Crippen LogP contribution in [0.4, 0.5) is 4.79 Å². The number of nitrogens with zero attached hydrogens (tertiary/aromatic N) is 1. The van der Waals surface area contributed by atoms with Crippen molar-refractivity contribution in [3.63, 3.8) is 0 Å². The van der Waals surface area contributed by atoms with Crippen LogP contribution >= 0.6 is 11.6 Å². The van der Waals surface area contributed by atoms with Crippen LogP contribution in [0.15, 0.2) is 70.8 Å². The smallest absolute Gasteiger partial charge is 0.335 e. The molecule has 30 heavy (non-hydrogen) atoms. The minimum Gasteiger partial charge on any atom is -0.478 e. The van der Waals surface area contributed by atoms with Gasteiger partial charge in [0.1, 0.15) is 17.2 Å². The molecule has 4 rings (SSSR count). The van der Waals surface area contributed by atoms with Gasteiger partial charge in [0.05, 0.1) is 12.1 Å². The average molecular weight is 423 g/mol. The first-order chi connectivity index (χ1) is 14.4. The van der Waals surface area contributed by atoms with E-state index in [9.17, 15) is 14.4 Å². The normalized spacial score (nSPS) is 15.0. The van der Waals surface area contributed by atoms with Crippen molar-refractivity contribution < 1.29 is 23.9 Å². The fourth-order valence-electron chi connectivity index (χ4n) is 3.02. The lowest BCUT2D eigenvalue weighted by Gasteiger charge is -2.11. The molecule has 150 valence electrons. The Labute approximate surface area is 176 Å². The Balaban J connectivity index is 1.53. The van der Waals surface area contributed by atoms with E-state index in [4.69, 9.17) is 21.1 Å². The number of aromatic carboxylic acids is 1. The Morgan fingerprint density at radius 1 is 1.10 bits per heavy atom. The molecule has 0 aliphatic carbocycles. The molecule has 1 aliphatic heterocycles. The molecule has 1 saturated heterocycles. The van der Waals surface area contributed by atoms with E-state index < -0.39 is 17.9 Å². The number of amides is 3. The number of urea groups is 1. The number of carbonyl (C=O) groups excluding carboxylic acids is 2. The number of benzene rings is 2. The first-order valence-electron chi connectivity index (χ1n) is 8.93. The number of halogens is 1. The van der Waals surface area contributed by atoms with Gasteiger partial charge in [0, 0.05) is 16.7 Å². The Bertz CT molecular complexity index is 1180. The molecule has 0 saturated carbocycles. The number of carbonyl (C=O) groups is 3. The van der Waals surface area contributed by atoms with Crippen LogP contribution in [0.1, 0.15) is 21.7 Å². The first kappa shape index (κ1) is 19.5. The molecule has 2 aromatic carbocycles. The Hall–Kier alpha value is -3.84. The van der Waals surface area contributed by atoms with E-state index in [0.29, 0.717) is 22.1 Å². The SMILES string of the molecule is O=C(O)c1cccc(-c2ccc(/C=C3/NC(=O)N(Cc4ccc(Cl)cc4)C3=O)o2)c1. The van der Waals surface area contributed by atoms with Crippen molar-refractivity contribution in [3.05, 3.63) is 88.3 Å². The van der Waals surface area contributed by atoms with E-state index in [2.05, 4.69) is 5.32 Å². The summed E-state index contributed by atoms with van der Waals surface area (Å²) < 4.78 is 5.71. The zero-order valence-corrected chi connectivity index (χ0v) is 16.2. The average Bonchev–Trinajstić information content (AvgIpc) is 3.30. The summed E-state index contributed by atoms with van der Waals surface area (Å²) in [6, 6.07) is 16.0. The summed E-state index contributed by atoms with van der Waals surface area (Å²) in [5.74, 6) is -0.714. The summed E-state index contributed by atoms with van der Waals surface area (Å²) >= 11 is 5.86. The maximum atomic E-state index is 12.6. The van der Waals surface area contributed by atoms with E-state index >= 15 is 0 Å². The van der Waals surface area contributed by atoms with Gasteiger partial charge in [0.25, 0.3) is 5.91 Å². The van der Waals surface area contributed by atoms with Crippen molar-refractivity contribution in [2.75, 3.05) is 0 Å². The number of carboxylic acid groups (broad SMARTS) is 1. The van der Waals surface area contributed by atoms with E-state index in [1.807, 2.05) is 0 Å². The van der Waals surface area contributed by atoms with E-state index in [1.165, 1.54) is 18.2 Å². The van der Waals surface area contributed by atoms with E-state index in [0.717, 1.165) is 10.5 Å². The van der Waals surface area contributed by atoms with Crippen LogP contribution in [-0.4, -0.2) is 27.9 Å². The van der Waals surface area contributed by atoms with Gasteiger partial charge in [0.15, 0.2) is 0 Å². The van der Waals surface area contributed by atoms with Crippen molar-refractivity contribution in [2.24, 2.45) is 0 Å². The molecule has 8 heteroatoms. The second kappa shape index (κ2) is 7.88. The highest BCUT2D eigenvalue weighted by Crippen LogP contribution is 2.25. The molecule has 1 aliphatic rings. The fraction of sp³-hybridized carbons (Fsp3) is 0.0455. The lowest BCUT2D eigenvalue weighted by molar-refractivity contribution is -0.123. The number of hydrogen-bond donors (Lipinski definition) is 2. The molecule has 1 fully saturated rings. The van der Waals surface area contributed by atoms with Crippen LogP contribution in [-0.2, 0) is 11.3 Å². The van der Waals surface area contributed by atoms with Crippen LogP contribution in [0, 0.1) is 0 Å². The third kappa shape index (κ3) is 3.97. The zero-order chi connectivity index (χ0) is 21.3. The highest BCUT2D eigenvalue weighted by molar-refractivity contribution is 6.30. The monoisotopic (exact) mass is 422 g/mol. The van der Waals surface area contributed by atoms with Crippen molar-refractivity contribution in [3.8, 4) is 11.3 Å². The van der Waals surface area contributed by atoms with Gasteiger partial charge >= 0.3 is 12.0 Å². The minimum atomic E-state index is -1.04. The Kier molecular flexibility index (Phi) is 5.12. The summed E-state index contributed by atoms with van der Waals surface area (Å²) in [4.78, 5) is 37.1. The van der Waals surface area contributed by atoms with Gasteiger partial charge in [-0.05, 0) is 42.0 Å². The lowest BCUT2D eigenvalue weighted by atomic mass is 10.1. The third-order valence-electron chi connectivity index (χ3n) is 4.52. The number of imide groups is 1. The Morgan fingerprint density at radius 3 is 2.60 bits per heavy atom. The molecule has 3 amide bonds. The number of rotatable bonds is 5. The molecule has 0 radical (unpaired) electrons. The molecule has 0 atom stereocenters. The zero-order valence-electron chi connectivity index (χ0n) is 15.5. The molecule has 0 bridgehead atoms. The quantitative estimate of drug-likeness (QED) is 0.469. The largest absolute Gasteiger partial charge is 0.478 e. The summed E-state index contributed by atoms with van der Waals surface area (Å²) in [7, 11) is 0. The number of furan rings is 1. The highest BCUT2D eigenvalue weighted by Gasteiger charge is 2.33. The molecule has 7 nitrogen and oxygen atoms in total. The minimum absolute atomic E-state index is 0.0918. The third-order valence-corrected chi connectivity index (χ3v) is 4.78. The van der Waals surface area contributed by atoms with Crippen molar-refractivity contribution in [1.82, 2.24) is 10.2 Å². The number of hydrogen-bond acceptors (Lipinski definition) is 4. The molecule has 0 spiro atoms. The second-order valence-corrected chi connectivity index (χ2v) is 7.03. The lowest BCUT2D eigenvalue weighted by Crippen LogP contribution is -2.30. The summed E-state index contributed by atoms with van der Waals surface area (Å²) in [6.45, 7) is 0.116. The standard InChI is InChI=1S/C22H15ClN2O5/c23-16-6-4-13(5-7-16)12-25-20(26)18(24-22(25)29)11-17-8-9-19(30-17)14-2-1-3-15(10-14)21(27)28/h1-11H,12H2,(H,24,29)(H,27,28)/b18-11+. The van der Waals surface area contributed by atoms with Gasteiger partial charge < -0.3 is 14.8 Å². The molecule has 2 heterocycles. The molecular weight excluding hydrogens is 408 g/mol. The van der Waals surface area contributed by atoms with Gasteiger partial charge in [0.2, 0.25) is 0 Å². The molecule has 1 aromatic heterocycles. The van der Waals surface area contributed by atoms with Crippen molar-refractivity contribution in [2.45, 2.75) is 6.54 Å². The van der Waals surface area contributed by atoms with Gasteiger partial charge in [-0.25, -0.2) is 9.59 Å². The fourth-order valence-corrected chi connectivity index (χ4v) is 3.15.